The van der Waals surface area contributed by atoms with Gasteiger partial charge in [-0.05, 0) is 38.0 Å². The van der Waals surface area contributed by atoms with Crippen LogP contribution in [0.2, 0.25) is 0 Å². The van der Waals surface area contributed by atoms with Crippen molar-refractivity contribution in [3.05, 3.63) is 83.5 Å². The van der Waals surface area contributed by atoms with E-state index in [9.17, 15) is 14.0 Å². The molecule has 0 radical (unpaired) electrons. The van der Waals surface area contributed by atoms with Gasteiger partial charge in [0.25, 0.3) is 5.56 Å². The van der Waals surface area contributed by atoms with E-state index in [-0.39, 0.29) is 29.8 Å². The first-order valence-electron chi connectivity index (χ1n) is 9.52. The lowest BCUT2D eigenvalue weighted by molar-refractivity contribution is -0.122. The minimum absolute atomic E-state index is 0.107. The minimum Gasteiger partial charge on any atom is -0.497 e. The number of hydrogen-bond acceptors (Lipinski definition) is 4. The van der Waals surface area contributed by atoms with Crippen LogP contribution in [0.4, 0.5) is 4.39 Å². The normalized spacial score (nSPS) is 11.8. The Kier molecular flexibility index (Phi) is 8.29. The molecule has 158 valence electrons. The number of carbonyl (C=O) groups is 1. The van der Waals surface area contributed by atoms with Crippen LogP contribution in [-0.4, -0.2) is 28.8 Å². The molecular formula is C23H26FN3O3. The van der Waals surface area contributed by atoms with Crippen LogP contribution in [0.5, 0.6) is 5.75 Å². The summed E-state index contributed by atoms with van der Waals surface area (Å²) in [6.07, 6.45) is 6.77. The molecule has 1 N–H and O–H groups in total. The van der Waals surface area contributed by atoms with Gasteiger partial charge in [-0.15, -0.1) is 0 Å². The number of amides is 1. The first kappa shape index (κ1) is 22.8. The zero-order chi connectivity index (χ0) is 22.1. The molecule has 0 fully saturated rings. The number of rotatable bonds is 10. The summed E-state index contributed by atoms with van der Waals surface area (Å²) in [5.41, 5.74) is 0.951. The summed E-state index contributed by atoms with van der Waals surface area (Å²) in [4.78, 5) is 24.4. The van der Waals surface area contributed by atoms with Gasteiger partial charge in [-0.3, -0.25) is 9.59 Å². The number of carbonyl (C=O) groups excluding carboxylic acids is 1. The number of halogens is 1. The average Bonchev–Trinajstić information content (AvgIpc) is 2.72. The van der Waals surface area contributed by atoms with E-state index in [1.807, 2.05) is 19.1 Å². The fraction of sp³-hybridized carbons (Fsp3) is 0.261. The number of nitrogens with one attached hydrogen (secondary N) is 1. The van der Waals surface area contributed by atoms with E-state index >= 15 is 0 Å². The molecule has 2 aromatic rings. The van der Waals surface area contributed by atoms with E-state index in [1.54, 1.807) is 12.1 Å². The molecule has 1 aromatic carbocycles. The molecule has 7 heteroatoms. The first-order chi connectivity index (χ1) is 14.3. The SMILES string of the molecule is C=C/C=C\C(=C)CCC(C)NC(=O)Cn1nc(-c2ccc(OC)cc2F)ccc1=O. The summed E-state index contributed by atoms with van der Waals surface area (Å²) in [5, 5.41) is 6.98. The molecule has 1 amide bonds. The summed E-state index contributed by atoms with van der Waals surface area (Å²) < 4.78 is 20.3. The van der Waals surface area contributed by atoms with Crippen LogP contribution in [-0.2, 0) is 11.3 Å². The van der Waals surface area contributed by atoms with Gasteiger partial charge >= 0.3 is 0 Å². The molecule has 0 aliphatic carbocycles. The molecule has 0 aliphatic rings. The molecule has 30 heavy (non-hydrogen) atoms. The molecule has 1 unspecified atom stereocenters. The van der Waals surface area contributed by atoms with E-state index in [1.165, 1.54) is 31.4 Å². The fourth-order valence-electron chi connectivity index (χ4n) is 2.75. The summed E-state index contributed by atoms with van der Waals surface area (Å²) in [6, 6.07) is 6.93. The van der Waals surface area contributed by atoms with Crippen molar-refractivity contribution < 1.29 is 13.9 Å². The quantitative estimate of drug-likeness (QED) is 0.606. The van der Waals surface area contributed by atoms with Crippen LogP contribution in [0.3, 0.4) is 0 Å². The number of benzene rings is 1. The highest BCUT2D eigenvalue weighted by molar-refractivity contribution is 5.76. The molecule has 0 saturated carbocycles. The van der Waals surface area contributed by atoms with E-state index in [2.05, 4.69) is 23.6 Å². The highest BCUT2D eigenvalue weighted by Gasteiger charge is 2.13. The third-order valence-corrected chi connectivity index (χ3v) is 4.39. The monoisotopic (exact) mass is 411 g/mol. The highest BCUT2D eigenvalue weighted by Crippen LogP contribution is 2.24. The van der Waals surface area contributed by atoms with Crippen LogP contribution in [0.15, 0.2) is 72.1 Å². The second-order valence-corrected chi connectivity index (χ2v) is 6.82. The molecule has 1 heterocycles. The average molecular weight is 411 g/mol. The largest absolute Gasteiger partial charge is 0.497 e. The minimum atomic E-state index is -0.532. The topological polar surface area (TPSA) is 73.2 Å². The lowest BCUT2D eigenvalue weighted by atomic mass is 10.1. The van der Waals surface area contributed by atoms with Crippen LogP contribution >= 0.6 is 0 Å². The molecule has 0 spiro atoms. The van der Waals surface area contributed by atoms with Gasteiger partial charge in [-0.25, -0.2) is 9.07 Å². The Morgan fingerprint density at radius 3 is 2.80 bits per heavy atom. The number of ether oxygens (including phenoxy) is 1. The number of allylic oxidation sites excluding steroid dienone is 4. The predicted molar refractivity (Wildman–Crippen MR) is 116 cm³/mol. The molecule has 2 rings (SSSR count). The number of nitrogens with zero attached hydrogens (tertiary/aromatic N) is 2. The van der Waals surface area contributed by atoms with Crippen molar-refractivity contribution in [1.29, 1.82) is 0 Å². The Bertz CT molecular complexity index is 1010. The van der Waals surface area contributed by atoms with Gasteiger partial charge in [-0.2, -0.15) is 5.10 Å². The Labute approximate surface area is 175 Å². The number of methoxy groups -OCH3 is 1. The molecule has 1 atom stereocenters. The Morgan fingerprint density at radius 2 is 2.13 bits per heavy atom. The van der Waals surface area contributed by atoms with E-state index in [0.29, 0.717) is 12.2 Å². The van der Waals surface area contributed by atoms with Crippen molar-refractivity contribution in [1.82, 2.24) is 15.1 Å². The van der Waals surface area contributed by atoms with Crippen molar-refractivity contribution in [2.24, 2.45) is 0 Å². The molecule has 0 aliphatic heterocycles. The van der Waals surface area contributed by atoms with Gasteiger partial charge in [0.1, 0.15) is 18.1 Å². The third kappa shape index (κ3) is 6.55. The second kappa shape index (κ2) is 10.9. The van der Waals surface area contributed by atoms with Gasteiger partial charge in [0.05, 0.1) is 12.8 Å². The van der Waals surface area contributed by atoms with Crippen LogP contribution < -0.4 is 15.6 Å². The fourth-order valence-corrected chi connectivity index (χ4v) is 2.75. The predicted octanol–water partition coefficient (Wildman–Crippen LogP) is 3.64. The van der Waals surface area contributed by atoms with E-state index in [0.717, 1.165) is 16.7 Å². The van der Waals surface area contributed by atoms with Gasteiger partial charge < -0.3 is 10.1 Å². The maximum absolute atomic E-state index is 14.3. The molecule has 6 nitrogen and oxygen atoms in total. The van der Waals surface area contributed by atoms with Crippen molar-refractivity contribution in [3.8, 4) is 17.0 Å². The summed E-state index contributed by atoms with van der Waals surface area (Å²) in [6.45, 7) is 9.16. The maximum atomic E-state index is 14.3. The van der Waals surface area contributed by atoms with Gasteiger partial charge in [0.2, 0.25) is 5.91 Å². The molecular weight excluding hydrogens is 385 g/mol. The van der Waals surface area contributed by atoms with Gasteiger partial charge in [0, 0.05) is 23.7 Å². The Morgan fingerprint density at radius 1 is 1.37 bits per heavy atom. The lowest BCUT2D eigenvalue weighted by Crippen LogP contribution is -2.38. The van der Waals surface area contributed by atoms with Crippen LogP contribution in [0, 0.1) is 5.82 Å². The number of hydrogen-bond donors (Lipinski definition) is 1. The van der Waals surface area contributed by atoms with Gasteiger partial charge in [-0.1, -0.05) is 37.0 Å². The Hall–Kier alpha value is -3.48. The van der Waals surface area contributed by atoms with Gasteiger partial charge in [0.15, 0.2) is 0 Å². The first-order valence-corrected chi connectivity index (χ1v) is 9.52. The van der Waals surface area contributed by atoms with Crippen LogP contribution in [0.25, 0.3) is 11.3 Å². The summed E-state index contributed by atoms with van der Waals surface area (Å²) in [7, 11) is 1.44. The third-order valence-electron chi connectivity index (χ3n) is 4.39. The van der Waals surface area contributed by atoms with Crippen molar-refractivity contribution in [3.63, 3.8) is 0 Å². The summed E-state index contributed by atoms with van der Waals surface area (Å²) >= 11 is 0. The van der Waals surface area contributed by atoms with Crippen molar-refractivity contribution in [2.75, 3.05) is 7.11 Å². The van der Waals surface area contributed by atoms with Crippen molar-refractivity contribution >= 4 is 5.91 Å². The second-order valence-electron chi connectivity index (χ2n) is 6.82. The smallest absolute Gasteiger partial charge is 0.267 e. The van der Waals surface area contributed by atoms with Crippen molar-refractivity contribution in [2.45, 2.75) is 32.4 Å². The van der Waals surface area contributed by atoms with E-state index in [4.69, 9.17) is 4.74 Å². The number of aromatic nitrogens is 2. The maximum Gasteiger partial charge on any atom is 0.267 e. The highest BCUT2D eigenvalue weighted by atomic mass is 19.1. The summed E-state index contributed by atoms with van der Waals surface area (Å²) in [5.74, 6) is -0.506. The zero-order valence-electron chi connectivity index (χ0n) is 17.2. The Balaban J connectivity index is 2.04. The van der Waals surface area contributed by atoms with E-state index < -0.39 is 11.4 Å². The van der Waals surface area contributed by atoms with Crippen LogP contribution in [0.1, 0.15) is 19.8 Å². The molecule has 0 saturated heterocycles. The molecule has 0 bridgehead atoms. The lowest BCUT2D eigenvalue weighted by Gasteiger charge is -2.14. The standard InChI is InChI=1S/C23H26FN3O3/c1-5-6-7-16(2)8-9-17(3)25-22(28)15-27-23(29)13-12-21(26-27)19-11-10-18(30-4)14-20(19)24/h5-7,10-14,17H,1-2,8-9,15H2,3-4H3,(H,25,28)/b7-6-. The zero-order valence-corrected chi connectivity index (χ0v) is 17.2. The molecule has 1 aromatic heterocycles.